The zero-order valence-electron chi connectivity index (χ0n) is 12.6. The molecule has 1 N–H and O–H groups in total. The molecule has 2 aromatic carbocycles. The minimum Gasteiger partial charge on any atom is -0.356 e. The molecular weight excluding hydrogens is 331 g/mol. The van der Waals surface area contributed by atoms with Crippen LogP contribution in [0.3, 0.4) is 0 Å². The molecule has 0 unspecified atom stereocenters. The Kier molecular flexibility index (Phi) is 4.91. The lowest BCUT2D eigenvalue weighted by atomic mass is 10.1. The van der Waals surface area contributed by atoms with E-state index >= 15 is 0 Å². The molecule has 0 aliphatic heterocycles. The largest absolute Gasteiger partial charge is 0.356 e. The van der Waals surface area contributed by atoms with Gasteiger partial charge in [0.1, 0.15) is 11.5 Å². The summed E-state index contributed by atoms with van der Waals surface area (Å²) in [5, 5.41) is 7.34. The predicted molar refractivity (Wildman–Crippen MR) is 88.9 cm³/mol. The second-order valence-electron chi connectivity index (χ2n) is 5.27. The van der Waals surface area contributed by atoms with Crippen LogP contribution >= 0.6 is 11.6 Å². The molecule has 0 saturated heterocycles. The van der Waals surface area contributed by atoms with Gasteiger partial charge in [0.05, 0.1) is 13.0 Å². The molecule has 122 valence electrons. The first-order valence-corrected chi connectivity index (χ1v) is 7.70. The third-order valence-corrected chi connectivity index (χ3v) is 3.68. The monoisotopic (exact) mass is 344 g/mol. The minimum absolute atomic E-state index is 0.169. The smallest absolute Gasteiger partial charge is 0.224 e. The maximum atomic E-state index is 12.8. The Morgan fingerprint density at radius 2 is 1.83 bits per heavy atom. The van der Waals surface area contributed by atoms with E-state index in [1.54, 1.807) is 30.3 Å². The molecule has 0 saturated carbocycles. The van der Waals surface area contributed by atoms with E-state index in [-0.39, 0.29) is 24.7 Å². The van der Waals surface area contributed by atoms with E-state index in [0.29, 0.717) is 16.5 Å². The highest BCUT2D eigenvalue weighted by molar-refractivity contribution is 6.30. The van der Waals surface area contributed by atoms with Crippen molar-refractivity contribution in [2.24, 2.45) is 0 Å². The maximum Gasteiger partial charge on any atom is 0.224 e. The van der Waals surface area contributed by atoms with Crippen molar-refractivity contribution < 1.29 is 13.7 Å². The Morgan fingerprint density at radius 3 is 2.54 bits per heavy atom. The van der Waals surface area contributed by atoms with Crippen LogP contribution < -0.4 is 5.32 Å². The number of nitrogens with zero attached hydrogens (tertiary/aromatic N) is 1. The summed E-state index contributed by atoms with van der Waals surface area (Å²) in [7, 11) is 0. The lowest BCUT2D eigenvalue weighted by Gasteiger charge is -2.03. The third-order valence-electron chi connectivity index (χ3n) is 3.43. The van der Waals surface area contributed by atoms with Crippen molar-refractivity contribution in [2.45, 2.75) is 13.0 Å². The fraction of sp³-hybridized carbons (Fsp3) is 0.111. The molecule has 0 aliphatic carbocycles. The number of halogens is 2. The molecule has 1 heterocycles. The second-order valence-corrected chi connectivity index (χ2v) is 5.71. The molecule has 3 aromatic rings. The number of aromatic nitrogens is 1. The van der Waals surface area contributed by atoms with Crippen LogP contribution in [-0.2, 0) is 17.8 Å². The van der Waals surface area contributed by atoms with E-state index in [4.69, 9.17) is 16.1 Å². The minimum atomic E-state index is -0.323. The number of hydrogen-bond acceptors (Lipinski definition) is 3. The van der Waals surface area contributed by atoms with Gasteiger partial charge in [-0.15, -0.1) is 0 Å². The molecule has 1 amide bonds. The van der Waals surface area contributed by atoms with Gasteiger partial charge in [0.25, 0.3) is 0 Å². The highest BCUT2D eigenvalue weighted by atomic mass is 35.5. The molecule has 3 rings (SSSR count). The number of rotatable bonds is 5. The number of hydrogen-bond donors (Lipinski definition) is 1. The van der Waals surface area contributed by atoms with Gasteiger partial charge in [0.15, 0.2) is 5.76 Å². The number of carbonyl (C=O) groups excluding carboxylic acids is 1. The van der Waals surface area contributed by atoms with Gasteiger partial charge in [-0.2, -0.15) is 0 Å². The van der Waals surface area contributed by atoms with E-state index in [0.717, 1.165) is 11.1 Å². The van der Waals surface area contributed by atoms with Crippen LogP contribution in [0.2, 0.25) is 5.02 Å². The average molecular weight is 345 g/mol. The van der Waals surface area contributed by atoms with Gasteiger partial charge in [0, 0.05) is 16.7 Å². The van der Waals surface area contributed by atoms with E-state index in [1.165, 1.54) is 12.1 Å². The van der Waals surface area contributed by atoms with Crippen LogP contribution in [0.15, 0.2) is 59.1 Å². The third kappa shape index (κ3) is 4.20. The molecule has 0 radical (unpaired) electrons. The van der Waals surface area contributed by atoms with Crippen molar-refractivity contribution in [1.82, 2.24) is 10.5 Å². The number of carbonyl (C=O) groups is 1. The first-order chi connectivity index (χ1) is 11.6. The summed E-state index contributed by atoms with van der Waals surface area (Å²) >= 11 is 5.85. The van der Waals surface area contributed by atoms with Crippen molar-refractivity contribution in [2.75, 3.05) is 0 Å². The Morgan fingerprint density at radius 1 is 1.12 bits per heavy atom. The predicted octanol–water partition coefficient (Wildman–Crippen LogP) is 3.99. The zero-order chi connectivity index (χ0) is 16.9. The van der Waals surface area contributed by atoms with Crippen LogP contribution in [0.5, 0.6) is 0 Å². The summed E-state index contributed by atoms with van der Waals surface area (Å²) in [6, 6.07) is 14.8. The quantitative estimate of drug-likeness (QED) is 0.761. The van der Waals surface area contributed by atoms with Crippen LogP contribution in [0.4, 0.5) is 4.39 Å². The SMILES string of the molecule is O=C(Cc1ccc(F)cc1)NCc1cc(-c2ccc(Cl)cc2)on1. The Bertz CT molecular complexity index is 829. The first kappa shape index (κ1) is 16.2. The molecule has 0 aliphatic rings. The molecule has 1 aromatic heterocycles. The molecule has 0 spiro atoms. The van der Waals surface area contributed by atoms with Gasteiger partial charge in [-0.1, -0.05) is 28.9 Å². The van der Waals surface area contributed by atoms with Crippen LogP contribution in [0.25, 0.3) is 11.3 Å². The molecule has 0 atom stereocenters. The normalized spacial score (nSPS) is 10.6. The van der Waals surface area contributed by atoms with Gasteiger partial charge >= 0.3 is 0 Å². The van der Waals surface area contributed by atoms with Crippen molar-refractivity contribution in [3.63, 3.8) is 0 Å². The van der Waals surface area contributed by atoms with E-state index < -0.39 is 0 Å². The van der Waals surface area contributed by atoms with Gasteiger partial charge in [0.2, 0.25) is 5.91 Å². The van der Waals surface area contributed by atoms with E-state index in [9.17, 15) is 9.18 Å². The van der Waals surface area contributed by atoms with Crippen molar-refractivity contribution in [3.8, 4) is 11.3 Å². The highest BCUT2D eigenvalue weighted by Crippen LogP contribution is 2.22. The Labute approximate surface area is 143 Å². The molecule has 24 heavy (non-hydrogen) atoms. The van der Waals surface area contributed by atoms with Gasteiger partial charge in [-0.25, -0.2) is 4.39 Å². The fourth-order valence-corrected chi connectivity index (χ4v) is 2.31. The van der Waals surface area contributed by atoms with Gasteiger partial charge < -0.3 is 9.84 Å². The maximum absolute atomic E-state index is 12.8. The average Bonchev–Trinajstić information content (AvgIpc) is 3.05. The lowest BCUT2D eigenvalue weighted by molar-refractivity contribution is -0.120. The second kappa shape index (κ2) is 7.27. The van der Waals surface area contributed by atoms with Crippen LogP contribution in [-0.4, -0.2) is 11.1 Å². The van der Waals surface area contributed by atoms with Crippen LogP contribution in [0.1, 0.15) is 11.3 Å². The Hall–Kier alpha value is -2.66. The molecule has 0 fully saturated rings. The van der Waals surface area contributed by atoms with Crippen molar-refractivity contribution >= 4 is 17.5 Å². The number of amides is 1. The fourth-order valence-electron chi connectivity index (χ4n) is 2.18. The molecule has 6 heteroatoms. The zero-order valence-corrected chi connectivity index (χ0v) is 13.4. The summed E-state index contributed by atoms with van der Waals surface area (Å²) in [6.07, 6.45) is 0.183. The standard InChI is InChI=1S/C18H14ClFN2O2/c19-14-5-3-13(4-6-14)17-10-16(22-24-17)11-21-18(23)9-12-1-7-15(20)8-2-12/h1-8,10H,9,11H2,(H,21,23). The highest BCUT2D eigenvalue weighted by Gasteiger charge is 2.09. The number of benzene rings is 2. The summed E-state index contributed by atoms with van der Waals surface area (Å²) in [5.41, 5.74) is 2.22. The van der Waals surface area contributed by atoms with Crippen molar-refractivity contribution in [1.29, 1.82) is 0 Å². The summed E-state index contributed by atoms with van der Waals surface area (Å²) in [5.74, 6) is 0.114. The molecular formula is C18H14ClFN2O2. The molecule has 0 bridgehead atoms. The van der Waals surface area contributed by atoms with E-state index in [2.05, 4.69) is 10.5 Å². The topological polar surface area (TPSA) is 55.1 Å². The van der Waals surface area contributed by atoms with Crippen LogP contribution in [0, 0.1) is 5.82 Å². The summed E-state index contributed by atoms with van der Waals surface area (Å²) in [6.45, 7) is 0.261. The lowest BCUT2D eigenvalue weighted by Crippen LogP contribution is -2.24. The number of nitrogens with one attached hydrogen (secondary N) is 1. The summed E-state index contributed by atoms with van der Waals surface area (Å²) in [4.78, 5) is 11.9. The Balaban J connectivity index is 1.56. The van der Waals surface area contributed by atoms with E-state index in [1.807, 2.05) is 12.1 Å². The van der Waals surface area contributed by atoms with Gasteiger partial charge in [-0.05, 0) is 42.0 Å². The van der Waals surface area contributed by atoms with Gasteiger partial charge in [-0.3, -0.25) is 4.79 Å². The van der Waals surface area contributed by atoms with Crippen molar-refractivity contribution in [3.05, 3.63) is 76.7 Å². The molecule has 4 nitrogen and oxygen atoms in total. The summed E-state index contributed by atoms with van der Waals surface area (Å²) < 4.78 is 18.1. The first-order valence-electron chi connectivity index (χ1n) is 7.33.